The second-order valence-corrected chi connectivity index (χ2v) is 7.81. The third-order valence-electron chi connectivity index (χ3n) is 4.81. The summed E-state index contributed by atoms with van der Waals surface area (Å²) in [6, 6.07) is 7.29. The largest absolute Gasteiger partial charge is 0.345 e. The van der Waals surface area contributed by atoms with Crippen LogP contribution in [0.3, 0.4) is 0 Å². The molecule has 1 fully saturated rings. The molecule has 1 saturated heterocycles. The van der Waals surface area contributed by atoms with Crippen molar-refractivity contribution < 1.29 is 13.6 Å². The van der Waals surface area contributed by atoms with Crippen LogP contribution in [0.2, 0.25) is 0 Å². The Kier molecular flexibility index (Phi) is 4.55. The van der Waals surface area contributed by atoms with Gasteiger partial charge in [0, 0.05) is 32.2 Å². The quantitative estimate of drug-likeness (QED) is 0.663. The fourth-order valence-electron chi connectivity index (χ4n) is 3.43. The number of hydrogen-bond acceptors (Lipinski definition) is 4. The van der Waals surface area contributed by atoms with E-state index in [0.29, 0.717) is 26.2 Å². The fraction of sp³-hybridized carbons (Fsp3) is 0.300. The number of amides is 1. The lowest BCUT2D eigenvalue weighted by atomic mass is 10.1. The van der Waals surface area contributed by atoms with Crippen molar-refractivity contribution in [1.29, 1.82) is 0 Å². The summed E-state index contributed by atoms with van der Waals surface area (Å²) in [4.78, 5) is 21.0. The first-order valence-electron chi connectivity index (χ1n) is 8.79. The molecule has 1 aliphatic heterocycles. The lowest BCUT2D eigenvalue weighted by Gasteiger charge is -2.34. The molecule has 0 unspecified atom stereocenters. The topological polar surface area (TPSA) is 36.4 Å². The molecule has 1 aromatic heterocycles. The predicted molar refractivity (Wildman–Crippen MR) is 104 cm³/mol. The average Bonchev–Trinajstić information content (AvgIpc) is 3.06. The lowest BCUT2D eigenvalue weighted by molar-refractivity contribution is 0.0742. The predicted octanol–water partition coefficient (Wildman–Crippen LogP) is 4.15. The Morgan fingerprint density at radius 1 is 1.07 bits per heavy atom. The summed E-state index contributed by atoms with van der Waals surface area (Å²) in [6.45, 7) is 6.36. The summed E-state index contributed by atoms with van der Waals surface area (Å²) in [5, 5.41) is 0.943. The highest BCUT2D eigenvalue weighted by molar-refractivity contribution is 7.22. The van der Waals surface area contributed by atoms with E-state index in [-0.39, 0.29) is 5.56 Å². The molecule has 3 aromatic rings. The number of aryl methyl sites for hydroxylation is 2. The number of anilines is 1. The van der Waals surface area contributed by atoms with Gasteiger partial charge in [-0.1, -0.05) is 17.4 Å². The van der Waals surface area contributed by atoms with Crippen molar-refractivity contribution in [3.63, 3.8) is 0 Å². The third-order valence-corrected chi connectivity index (χ3v) is 6.08. The summed E-state index contributed by atoms with van der Waals surface area (Å²) in [7, 11) is 0. The van der Waals surface area contributed by atoms with Gasteiger partial charge in [0.2, 0.25) is 0 Å². The van der Waals surface area contributed by atoms with Crippen LogP contribution in [-0.2, 0) is 0 Å². The molecule has 0 N–H and O–H groups in total. The molecule has 0 saturated carbocycles. The molecule has 2 heterocycles. The zero-order valence-electron chi connectivity index (χ0n) is 15.1. The SMILES string of the molecule is Cc1cc(C)c2sc(N3CCN(C(=O)c4ccc(F)cc4F)CC3)nc2c1. The van der Waals surface area contributed by atoms with E-state index in [1.807, 2.05) is 0 Å². The van der Waals surface area contributed by atoms with Crippen molar-refractivity contribution >= 4 is 32.6 Å². The van der Waals surface area contributed by atoms with Crippen LogP contribution in [0.15, 0.2) is 30.3 Å². The summed E-state index contributed by atoms with van der Waals surface area (Å²) in [6.07, 6.45) is 0. The van der Waals surface area contributed by atoms with Gasteiger partial charge in [-0.15, -0.1) is 0 Å². The van der Waals surface area contributed by atoms with Crippen molar-refractivity contribution in [2.75, 3.05) is 31.1 Å². The summed E-state index contributed by atoms with van der Waals surface area (Å²) >= 11 is 1.66. The molecule has 7 heteroatoms. The number of hydrogen-bond donors (Lipinski definition) is 0. The Bertz CT molecular complexity index is 1030. The Labute approximate surface area is 160 Å². The van der Waals surface area contributed by atoms with E-state index in [2.05, 4.69) is 30.9 Å². The van der Waals surface area contributed by atoms with Gasteiger partial charge in [-0.3, -0.25) is 4.79 Å². The minimum Gasteiger partial charge on any atom is -0.345 e. The average molecular weight is 387 g/mol. The molecule has 4 rings (SSSR count). The second-order valence-electron chi connectivity index (χ2n) is 6.83. The van der Waals surface area contributed by atoms with Crippen LogP contribution in [0.25, 0.3) is 10.2 Å². The van der Waals surface area contributed by atoms with Gasteiger partial charge in [-0.2, -0.15) is 0 Å². The second kappa shape index (κ2) is 6.88. The number of carbonyl (C=O) groups excluding carboxylic acids is 1. The van der Waals surface area contributed by atoms with Gasteiger partial charge >= 0.3 is 0 Å². The number of benzene rings is 2. The zero-order valence-corrected chi connectivity index (χ0v) is 15.9. The van der Waals surface area contributed by atoms with Crippen molar-refractivity contribution in [3.8, 4) is 0 Å². The molecule has 4 nitrogen and oxygen atoms in total. The van der Waals surface area contributed by atoms with Crippen LogP contribution in [0.1, 0.15) is 21.5 Å². The highest BCUT2D eigenvalue weighted by Gasteiger charge is 2.25. The van der Waals surface area contributed by atoms with Crippen LogP contribution >= 0.6 is 11.3 Å². The van der Waals surface area contributed by atoms with Gasteiger partial charge in [0.25, 0.3) is 5.91 Å². The van der Waals surface area contributed by atoms with Crippen LogP contribution in [0, 0.1) is 25.5 Å². The molecule has 27 heavy (non-hydrogen) atoms. The maximum atomic E-state index is 13.9. The molecule has 2 aromatic carbocycles. The molecule has 140 valence electrons. The number of halogens is 2. The fourth-order valence-corrected chi connectivity index (χ4v) is 4.50. The Balaban J connectivity index is 1.49. The Hall–Kier alpha value is -2.54. The monoisotopic (exact) mass is 387 g/mol. The number of fused-ring (bicyclic) bond motifs is 1. The van der Waals surface area contributed by atoms with Crippen LogP contribution in [-0.4, -0.2) is 42.0 Å². The number of nitrogens with zero attached hydrogens (tertiary/aromatic N) is 3. The van der Waals surface area contributed by atoms with Crippen molar-refractivity contribution in [3.05, 3.63) is 58.7 Å². The van der Waals surface area contributed by atoms with Crippen molar-refractivity contribution in [1.82, 2.24) is 9.88 Å². The highest BCUT2D eigenvalue weighted by Crippen LogP contribution is 2.32. The molecular weight excluding hydrogens is 368 g/mol. The van der Waals surface area contributed by atoms with Gasteiger partial charge in [0.1, 0.15) is 11.6 Å². The first kappa shape index (κ1) is 17.9. The van der Waals surface area contributed by atoms with Crippen molar-refractivity contribution in [2.24, 2.45) is 0 Å². The minimum absolute atomic E-state index is 0.0871. The molecule has 0 aliphatic carbocycles. The standard InChI is InChI=1S/C20H19F2N3OS/c1-12-9-13(2)18-17(10-12)23-20(27-18)25-7-5-24(6-8-25)19(26)15-4-3-14(21)11-16(15)22/h3-4,9-11H,5-8H2,1-2H3. The Morgan fingerprint density at radius 3 is 2.52 bits per heavy atom. The third kappa shape index (κ3) is 3.39. The molecule has 0 bridgehead atoms. The van der Waals surface area contributed by atoms with E-state index in [0.717, 1.165) is 22.8 Å². The van der Waals surface area contributed by atoms with Crippen LogP contribution in [0.4, 0.5) is 13.9 Å². The number of carbonyl (C=O) groups is 1. The number of thiazole rings is 1. The molecule has 1 amide bonds. The van der Waals surface area contributed by atoms with Gasteiger partial charge in [-0.25, -0.2) is 13.8 Å². The molecule has 0 atom stereocenters. The van der Waals surface area contributed by atoms with E-state index in [4.69, 9.17) is 4.98 Å². The van der Waals surface area contributed by atoms with Crippen LogP contribution < -0.4 is 4.90 Å². The highest BCUT2D eigenvalue weighted by atomic mass is 32.1. The van der Waals surface area contributed by atoms with Gasteiger partial charge in [-0.05, 0) is 43.2 Å². The summed E-state index contributed by atoms with van der Waals surface area (Å²) < 4.78 is 28.1. The summed E-state index contributed by atoms with van der Waals surface area (Å²) in [5.41, 5.74) is 3.32. The minimum atomic E-state index is -0.820. The van der Waals surface area contributed by atoms with Crippen LogP contribution in [0.5, 0.6) is 0 Å². The van der Waals surface area contributed by atoms with Gasteiger partial charge in [0.05, 0.1) is 15.8 Å². The lowest BCUT2D eigenvalue weighted by Crippen LogP contribution is -2.49. The summed E-state index contributed by atoms with van der Waals surface area (Å²) in [5.74, 6) is -1.90. The number of aromatic nitrogens is 1. The number of rotatable bonds is 2. The van der Waals surface area contributed by atoms with E-state index >= 15 is 0 Å². The van der Waals surface area contributed by atoms with E-state index in [1.165, 1.54) is 21.9 Å². The maximum absolute atomic E-state index is 13.9. The Morgan fingerprint density at radius 2 is 1.81 bits per heavy atom. The first-order chi connectivity index (χ1) is 12.9. The molecule has 0 radical (unpaired) electrons. The molecule has 0 spiro atoms. The maximum Gasteiger partial charge on any atom is 0.256 e. The van der Waals surface area contributed by atoms with Crippen molar-refractivity contribution in [2.45, 2.75) is 13.8 Å². The first-order valence-corrected chi connectivity index (χ1v) is 9.61. The molecule has 1 aliphatic rings. The van der Waals surface area contributed by atoms with Gasteiger partial charge < -0.3 is 9.80 Å². The zero-order chi connectivity index (χ0) is 19.1. The van der Waals surface area contributed by atoms with E-state index in [9.17, 15) is 13.6 Å². The van der Waals surface area contributed by atoms with Gasteiger partial charge in [0.15, 0.2) is 5.13 Å². The number of piperazine rings is 1. The normalized spacial score (nSPS) is 14.8. The van der Waals surface area contributed by atoms with E-state index in [1.54, 1.807) is 16.2 Å². The van der Waals surface area contributed by atoms with E-state index < -0.39 is 17.5 Å². The smallest absolute Gasteiger partial charge is 0.256 e. The molecular formula is C20H19F2N3OS.